The normalized spacial score (nSPS) is 14.9. The molecule has 0 aromatic heterocycles. The number of rotatable bonds is 9. The van der Waals surface area contributed by atoms with Crippen LogP contribution in [0, 0.1) is 0 Å². The predicted octanol–water partition coefficient (Wildman–Crippen LogP) is 0.533. The predicted molar refractivity (Wildman–Crippen MR) is 63.0 cm³/mol. The fraction of sp³-hybridized carbons (Fsp3) is 0.818. The van der Waals surface area contributed by atoms with Gasteiger partial charge in [0.05, 0.1) is 25.4 Å². The zero-order valence-electron chi connectivity index (χ0n) is 10.1. The van der Waals surface area contributed by atoms with Crippen molar-refractivity contribution in [2.75, 3.05) is 40.0 Å². The maximum absolute atomic E-state index is 5.66. The van der Waals surface area contributed by atoms with Gasteiger partial charge in [0.25, 0.3) is 0 Å². The van der Waals surface area contributed by atoms with Crippen LogP contribution in [-0.2, 0) is 9.47 Å². The van der Waals surface area contributed by atoms with Gasteiger partial charge >= 0.3 is 0 Å². The summed E-state index contributed by atoms with van der Waals surface area (Å²) in [4.78, 5) is 0. The van der Waals surface area contributed by atoms with Crippen LogP contribution in [-0.4, -0.2) is 45.6 Å². The van der Waals surface area contributed by atoms with Gasteiger partial charge in [-0.1, -0.05) is 12.2 Å². The van der Waals surface area contributed by atoms with Crippen LogP contribution in [0.3, 0.4) is 0 Å². The van der Waals surface area contributed by atoms with E-state index in [1.54, 1.807) is 7.11 Å². The average Bonchev–Trinajstić information content (AvgIpc) is 2.17. The molecular weight excluding hydrogens is 192 g/mol. The zero-order chi connectivity index (χ0) is 11.7. The molecule has 3 N–H and O–H groups in total. The van der Waals surface area contributed by atoms with Crippen molar-refractivity contribution in [3.8, 4) is 0 Å². The summed E-state index contributed by atoms with van der Waals surface area (Å²) in [6.07, 6.45) is 0. The largest absolute Gasteiger partial charge is 0.383 e. The number of hydrogen-bond donors (Lipinski definition) is 2. The zero-order valence-corrected chi connectivity index (χ0v) is 10.1. The Morgan fingerprint density at radius 1 is 1.53 bits per heavy atom. The van der Waals surface area contributed by atoms with Crippen LogP contribution < -0.4 is 11.1 Å². The first-order valence-electron chi connectivity index (χ1n) is 5.20. The van der Waals surface area contributed by atoms with Crippen molar-refractivity contribution < 1.29 is 9.47 Å². The third kappa shape index (κ3) is 7.50. The van der Waals surface area contributed by atoms with Crippen LogP contribution in [0.1, 0.15) is 13.8 Å². The molecule has 0 aliphatic heterocycles. The Morgan fingerprint density at radius 3 is 2.67 bits per heavy atom. The highest BCUT2D eigenvalue weighted by molar-refractivity contribution is 4.87. The minimum absolute atomic E-state index is 0.165. The molecule has 0 spiro atoms. The van der Waals surface area contributed by atoms with E-state index in [9.17, 15) is 0 Å². The second-order valence-corrected chi connectivity index (χ2v) is 4.13. The first-order valence-corrected chi connectivity index (χ1v) is 5.20. The standard InChI is InChI=1S/C11H24N2O2/c1-10(2)7-15-6-5-13-11(3,8-12)9-14-4/h13H,1,5-9,12H2,2-4H3. The summed E-state index contributed by atoms with van der Waals surface area (Å²) in [5, 5.41) is 3.32. The molecular formula is C11H24N2O2. The van der Waals surface area contributed by atoms with E-state index in [1.807, 2.05) is 13.8 Å². The molecule has 1 atom stereocenters. The summed E-state index contributed by atoms with van der Waals surface area (Å²) in [6, 6.07) is 0. The van der Waals surface area contributed by atoms with Crippen LogP contribution in [0.4, 0.5) is 0 Å². The van der Waals surface area contributed by atoms with Crippen LogP contribution in [0.15, 0.2) is 12.2 Å². The fourth-order valence-corrected chi connectivity index (χ4v) is 1.17. The number of nitrogens with two attached hydrogens (primary N) is 1. The lowest BCUT2D eigenvalue weighted by molar-refractivity contribution is 0.106. The van der Waals surface area contributed by atoms with Crippen molar-refractivity contribution in [1.82, 2.24) is 5.32 Å². The van der Waals surface area contributed by atoms with Gasteiger partial charge in [0.15, 0.2) is 0 Å². The Morgan fingerprint density at radius 2 is 2.20 bits per heavy atom. The SMILES string of the molecule is C=C(C)COCCNC(C)(CN)COC. The van der Waals surface area contributed by atoms with Crippen LogP contribution in [0.25, 0.3) is 0 Å². The van der Waals surface area contributed by atoms with Crippen LogP contribution in [0.2, 0.25) is 0 Å². The fourth-order valence-electron chi connectivity index (χ4n) is 1.17. The highest BCUT2D eigenvalue weighted by Crippen LogP contribution is 2.00. The van der Waals surface area contributed by atoms with Crippen molar-refractivity contribution in [2.45, 2.75) is 19.4 Å². The van der Waals surface area contributed by atoms with Gasteiger partial charge in [-0.25, -0.2) is 0 Å². The van der Waals surface area contributed by atoms with Crippen molar-refractivity contribution in [2.24, 2.45) is 5.73 Å². The van der Waals surface area contributed by atoms with E-state index >= 15 is 0 Å². The van der Waals surface area contributed by atoms with Gasteiger partial charge in [-0.3, -0.25) is 0 Å². The van der Waals surface area contributed by atoms with Gasteiger partial charge in [0, 0.05) is 20.2 Å². The first kappa shape index (κ1) is 14.6. The molecule has 0 aliphatic carbocycles. The number of nitrogens with one attached hydrogen (secondary N) is 1. The molecule has 0 saturated carbocycles. The molecule has 0 aliphatic rings. The Kier molecular flexibility index (Phi) is 7.60. The lowest BCUT2D eigenvalue weighted by Gasteiger charge is -2.28. The van der Waals surface area contributed by atoms with Gasteiger partial charge in [0.1, 0.15) is 0 Å². The van der Waals surface area contributed by atoms with E-state index < -0.39 is 0 Å². The number of methoxy groups -OCH3 is 1. The lowest BCUT2D eigenvalue weighted by atomic mass is 10.0. The first-order chi connectivity index (χ1) is 7.04. The Bertz CT molecular complexity index is 185. The number of hydrogen-bond acceptors (Lipinski definition) is 4. The molecule has 4 nitrogen and oxygen atoms in total. The summed E-state index contributed by atoms with van der Waals surface area (Å²) in [6.45, 7) is 10.9. The molecule has 15 heavy (non-hydrogen) atoms. The van der Waals surface area contributed by atoms with E-state index in [2.05, 4.69) is 11.9 Å². The Balaban J connectivity index is 3.58. The topological polar surface area (TPSA) is 56.5 Å². The minimum Gasteiger partial charge on any atom is -0.383 e. The second-order valence-electron chi connectivity index (χ2n) is 4.13. The molecule has 0 fully saturated rings. The van der Waals surface area contributed by atoms with Crippen molar-refractivity contribution in [1.29, 1.82) is 0 Å². The average molecular weight is 216 g/mol. The maximum Gasteiger partial charge on any atom is 0.0672 e. The van der Waals surface area contributed by atoms with Crippen molar-refractivity contribution >= 4 is 0 Å². The third-order valence-electron chi connectivity index (χ3n) is 2.06. The van der Waals surface area contributed by atoms with E-state index in [0.717, 1.165) is 12.1 Å². The van der Waals surface area contributed by atoms with Crippen molar-refractivity contribution in [3.63, 3.8) is 0 Å². The summed E-state index contributed by atoms with van der Waals surface area (Å²) >= 11 is 0. The quantitative estimate of drug-likeness (QED) is 0.436. The van der Waals surface area contributed by atoms with Crippen molar-refractivity contribution in [3.05, 3.63) is 12.2 Å². The van der Waals surface area contributed by atoms with Crippen LogP contribution >= 0.6 is 0 Å². The van der Waals surface area contributed by atoms with Crippen LogP contribution in [0.5, 0.6) is 0 Å². The summed E-state index contributed by atoms with van der Waals surface area (Å²) in [5.74, 6) is 0. The Hall–Kier alpha value is -0.420. The molecule has 0 amide bonds. The molecule has 0 aromatic rings. The molecule has 4 heteroatoms. The van der Waals surface area contributed by atoms with Gasteiger partial charge in [0.2, 0.25) is 0 Å². The summed E-state index contributed by atoms with van der Waals surface area (Å²) in [7, 11) is 1.67. The molecule has 0 radical (unpaired) electrons. The van der Waals surface area contributed by atoms with E-state index in [-0.39, 0.29) is 5.54 Å². The number of ether oxygens (including phenoxy) is 2. The third-order valence-corrected chi connectivity index (χ3v) is 2.06. The monoisotopic (exact) mass is 216 g/mol. The van der Waals surface area contributed by atoms with Gasteiger partial charge in [-0.05, 0) is 13.8 Å². The summed E-state index contributed by atoms with van der Waals surface area (Å²) in [5.41, 5.74) is 6.53. The van der Waals surface area contributed by atoms with Gasteiger partial charge in [-0.15, -0.1) is 0 Å². The maximum atomic E-state index is 5.66. The molecule has 0 aromatic carbocycles. The van der Waals surface area contributed by atoms with E-state index in [0.29, 0.717) is 26.4 Å². The van der Waals surface area contributed by atoms with E-state index in [4.69, 9.17) is 15.2 Å². The smallest absolute Gasteiger partial charge is 0.0672 e. The highest BCUT2D eigenvalue weighted by atomic mass is 16.5. The molecule has 0 heterocycles. The van der Waals surface area contributed by atoms with Gasteiger partial charge in [-0.2, -0.15) is 0 Å². The van der Waals surface area contributed by atoms with Gasteiger partial charge < -0.3 is 20.5 Å². The lowest BCUT2D eigenvalue weighted by Crippen LogP contribution is -2.53. The Labute approximate surface area is 92.8 Å². The highest BCUT2D eigenvalue weighted by Gasteiger charge is 2.20. The summed E-state index contributed by atoms with van der Waals surface area (Å²) < 4.78 is 10.5. The molecule has 1 unspecified atom stereocenters. The minimum atomic E-state index is -0.165. The molecule has 0 rings (SSSR count). The van der Waals surface area contributed by atoms with E-state index in [1.165, 1.54) is 0 Å². The molecule has 0 saturated heterocycles. The molecule has 90 valence electrons. The molecule has 0 bridgehead atoms. The second kappa shape index (κ2) is 7.82.